The van der Waals surface area contributed by atoms with Gasteiger partial charge in [0, 0.05) is 54.1 Å². The summed E-state index contributed by atoms with van der Waals surface area (Å²) in [5, 5.41) is 4.63. The summed E-state index contributed by atoms with van der Waals surface area (Å²) in [5.41, 5.74) is 6.56. The van der Waals surface area contributed by atoms with Crippen molar-refractivity contribution in [3.63, 3.8) is 0 Å². The lowest BCUT2D eigenvalue weighted by Crippen LogP contribution is -2.38. The second-order valence-electron chi connectivity index (χ2n) is 8.84. The average Bonchev–Trinajstić information content (AvgIpc) is 3.46. The van der Waals surface area contributed by atoms with Gasteiger partial charge in [-0.3, -0.25) is 14.6 Å². The topological polar surface area (TPSA) is 87.3 Å². The number of carbonyl (C=O) groups excluding carboxylic acids is 2. The minimum Gasteiger partial charge on any atom is -0.368 e. The van der Waals surface area contributed by atoms with E-state index in [2.05, 4.69) is 15.3 Å². The molecule has 0 spiro atoms. The second kappa shape index (κ2) is 8.80. The zero-order valence-electron chi connectivity index (χ0n) is 18.8. The van der Waals surface area contributed by atoms with Crippen LogP contribution in [0, 0.1) is 13.8 Å². The lowest BCUT2D eigenvalue weighted by molar-refractivity contribution is -0.130. The van der Waals surface area contributed by atoms with Gasteiger partial charge < -0.3 is 19.9 Å². The minimum absolute atomic E-state index is 0.0284. The third-order valence-corrected chi connectivity index (χ3v) is 7.01. The third-order valence-electron chi connectivity index (χ3n) is 6.78. The fourth-order valence-corrected chi connectivity index (χ4v) is 5.05. The largest absolute Gasteiger partial charge is 0.368 e. The Morgan fingerprint density at radius 2 is 2.18 bits per heavy atom. The smallest absolute Gasteiger partial charge is 0.270 e. The first-order chi connectivity index (χ1) is 15.9. The fraction of sp³-hybridized carbons (Fsp3) is 0.400. The molecule has 1 atom stereocenters. The Balaban J connectivity index is 1.35. The van der Waals surface area contributed by atoms with Gasteiger partial charge in [-0.1, -0.05) is 11.6 Å². The molecule has 2 aromatic heterocycles. The maximum Gasteiger partial charge on any atom is 0.270 e. The number of ether oxygens (including phenoxy) is 1. The standard InChI is InChI=1S/C25H27ClN4O3/c1-14-19-10-17(26)5-6-21(19)29-23(14)25(32)30-8-7-18-16(13-30)11-27-15(2)20(18)12-28-24(31)22-4-3-9-33-22/h5-6,10-11,22,29H,3-4,7-9,12-13H2,1-2H3,(H,28,31)/t22-/m1/s1. The number of aromatic nitrogens is 2. The number of rotatable bonds is 4. The summed E-state index contributed by atoms with van der Waals surface area (Å²) in [7, 11) is 0. The molecule has 2 aliphatic rings. The van der Waals surface area contributed by atoms with Crippen LogP contribution in [0.1, 0.15) is 51.3 Å². The van der Waals surface area contributed by atoms with Crippen LogP contribution >= 0.6 is 11.6 Å². The highest BCUT2D eigenvalue weighted by atomic mass is 35.5. The maximum absolute atomic E-state index is 13.4. The van der Waals surface area contributed by atoms with Crippen LogP contribution in [-0.2, 0) is 29.0 Å². The number of pyridine rings is 1. The van der Waals surface area contributed by atoms with Crippen molar-refractivity contribution < 1.29 is 14.3 Å². The van der Waals surface area contributed by atoms with Crippen molar-refractivity contribution in [1.82, 2.24) is 20.2 Å². The van der Waals surface area contributed by atoms with Gasteiger partial charge in [-0.15, -0.1) is 0 Å². The van der Waals surface area contributed by atoms with Crippen molar-refractivity contribution in [2.75, 3.05) is 13.2 Å². The number of hydrogen-bond acceptors (Lipinski definition) is 4. The Hall–Kier alpha value is -2.90. The van der Waals surface area contributed by atoms with Crippen LogP contribution in [0.15, 0.2) is 24.4 Å². The van der Waals surface area contributed by atoms with Crippen LogP contribution in [0.3, 0.4) is 0 Å². The number of amides is 2. The minimum atomic E-state index is -0.347. The number of nitrogens with zero attached hydrogens (tertiary/aromatic N) is 2. The molecule has 1 aromatic carbocycles. The highest BCUT2D eigenvalue weighted by Crippen LogP contribution is 2.29. The van der Waals surface area contributed by atoms with Crippen LogP contribution in [0.25, 0.3) is 10.9 Å². The summed E-state index contributed by atoms with van der Waals surface area (Å²) >= 11 is 6.14. The third kappa shape index (κ3) is 4.11. The first-order valence-corrected chi connectivity index (χ1v) is 11.7. The number of halogens is 1. The second-order valence-corrected chi connectivity index (χ2v) is 9.27. The number of H-pyrrole nitrogens is 1. The molecular formula is C25H27ClN4O3. The molecule has 8 heteroatoms. The summed E-state index contributed by atoms with van der Waals surface area (Å²) in [5.74, 6) is -0.0919. The molecule has 33 heavy (non-hydrogen) atoms. The molecule has 7 nitrogen and oxygen atoms in total. The summed E-state index contributed by atoms with van der Waals surface area (Å²) < 4.78 is 5.48. The molecule has 0 aliphatic carbocycles. The lowest BCUT2D eigenvalue weighted by atomic mass is 9.94. The van der Waals surface area contributed by atoms with Gasteiger partial charge in [-0.2, -0.15) is 0 Å². The van der Waals surface area contributed by atoms with Gasteiger partial charge in [0.05, 0.1) is 0 Å². The monoisotopic (exact) mass is 466 g/mol. The average molecular weight is 467 g/mol. The molecule has 5 rings (SSSR count). The Morgan fingerprint density at radius 1 is 1.33 bits per heavy atom. The molecule has 0 saturated carbocycles. The van der Waals surface area contributed by atoms with Crippen molar-refractivity contribution >= 4 is 34.3 Å². The summed E-state index contributed by atoms with van der Waals surface area (Å²) in [4.78, 5) is 35.4. The van der Waals surface area contributed by atoms with Gasteiger partial charge in [0.1, 0.15) is 11.8 Å². The first kappa shape index (κ1) is 21.9. The number of carbonyl (C=O) groups is 2. The molecule has 2 N–H and O–H groups in total. The van der Waals surface area contributed by atoms with E-state index < -0.39 is 0 Å². The van der Waals surface area contributed by atoms with Gasteiger partial charge in [0.2, 0.25) is 5.91 Å². The molecule has 0 unspecified atom stereocenters. The van der Waals surface area contributed by atoms with Crippen LogP contribution in [0.5, 0.6) is 0 Å². The molecule has 172 valence electrons. The van der Waals surface area contributed by atoms with Crippen molar-refractivity contribution in [2.24, 2.45) is 0 Å². The van der Waals surface area contributed by atoms with E-state index in [4.69, 9.17) is 16.3 Å². The predicted octanol–water partition coefficient (Wildman–Crippen LogP) is 3.83. The molecule has 1 saturated heterocycles. The number of nitrogens with one attached hydrogen (secondary N) is 2. The Kier molecular flexibility index (Phi) is 5.85. The predicted molar refractivity (Wildman–Crippen MR) is 126 cm³/mol. The van der Waals surface area contributed by atoms with Gasteiger partial charge in [-0.05, 0) is 73.6 Å². The van der Waals surface area contributed by atoms with Gasteiger partial charge in [0.25, 0.3) is 5.91 Å². The first-order valence-electron chi connectivity index (χ1n) is 11.3. The number of benzene rings is 1. The van der Waals surface area contributed by atoms with Crippen molar-refractivity contribution in [3.05, 3.63) is 63.1 Å². The Bertz CT molecular complexity index is 1250. The quantitative estimate of drug-likeness (QED) is 0.611. The van der Waals surface area contributed by atoms with Gasteiger partial charge in [-0.25, -0.2) is 0 Å². The number of aromatic amines is 1. The van der Waals surface area contributed by atoms with E-state index in [9.17, 15) is 9.59 Å². The molecule has 2 aliphatic heterocycles. The van der Waals surface area contributed by atoms with Crippen molar-refractivity contribution in [1.29, 1.82) is 0 Å². The van der Waals surface area contributed by atoms with Crippen LogP contribution in [0.2, 0.25) is 5.02 Å². The number of aryl methyl sites for hydroxylation is 2. The van der Waals surface area contributed by atoms with Crippen LogP contribution in [0.4, 0.5) is 0 Å². The SMILES string of the molecule is Cc1ncc2c(c1CNC(=O)[C@H]1CCCO1)CCN(C(=O)c1[nH]c3ccc(Cl)cc3c1C)C2. The number of fused-ring (bicyclic) bond motifs is 2. The zero-order chi connectivity index (χ0) is 23.1. The highest BCUT2D eigenvalue weighted by Gasteiger charge is 2.28. The Morgan fingerprint density at radius 3 is 2.97 bits per heavy atom. The van der Waals surface area contributed by atoms with Crippen molar-refractivity contribution in [3.8, 4) is 0 Å². The molecule has 2 amide bonds. The van der Waals surface area contributed by atoms with Crippen LogP contribution in [-0.4, -0.2) is 45.9 Å². The lowest BCUT2D eigenvalue weighted by Gasteiger charge is -2.30. The van der Waals surface area contributed by atoms with E-state index in [0.717, 1.165) is 52.5 Å². The van der Waals surface area contributed by atoms with E-state index in [1.165, 1.54) is 5.56 Å². The molecule has 4 heterocycles. The van der Waals surface area contributed by atoms with Crippen molar-refractivity contribution in [2.45, 2.75) is 52.3 Å². The maximum atomic E-state index is 13.4. The molecule has 1 fully saturated rings. The number of hydrogen-bond donors (Lipinski definition) is 2. The summed E-state index contributed by atoms with van der Waals surface area (Å²) in [6.07, 6.45) is 3.92. The highest BCUT2D eigenvalue weighted by molar-refractivity contribution is 6.31. The molecular weight excluding hydrogens is 440 g/mol. The normalized spacial score (nSPS) is 17.9. The Labute approximate surface area is 197 Å². The van der Waals surface area contributed by atoms with E-state index >= 15 is 0 Å². The van der Waals surface area contributed by atoms with Crippen LogP contribution < -0.4 is 5.32 Å². The summed E-state index contributed by atoms with van der Waals surface area (Å²) in [6.45, 7) is 6.08. The van der Waals surface area contributed by atoms with E-state index in [-0.39, 0.29) is 17.9 Å². The van der Waals surface area contributed by atoms with Gasteiger partial charge >= 0.3 is 0 Å². The van der Waals surface area contributed by atoms with E-state index in [1.807, 2.05) is 43.1 Å². The molecule has 0 bridgehead atoms. The molecule has 0 radical (unpaired) electrons. The summed E-state index contributed by atoms with van der Waals surface area (Å²) in [6, 6.07) is 5.60. The van der Waals surface area contributed by atoms with Gasteiger partial charge in [0.15, 0.2) is 0 Å². The fourth-order valence-electron chi connectivity index (χ4n) is 4.87. The van der Waals surface area contributed by atoms with E-state index in [1.54, 1.807) is 0 Å². The molecule has 3 aromatic rings. The zero-order valence-corrected chi connectivity index (χ0v) is 19.6. The van der Waals surface area contributed by atoms with E-state index in [0.29, 0.717) is 37.0 Å².